The van der Waals surface area contributed by atoms with E-state index in [4.69, 9.17) is 9.90 Å². The summed E-state index contributed by atoms with van der Waals surface area (Å²) in [5, 5.41) is 21.8. The van der Waals surface area contributed by atoms with Gasteiger partial charge in [0, 0.05) is 40.1 Å². The number of imidazole rings is 1. The lowest BCUT2D eigenvalue weighted by Crippen LogP contribution is -2.21. The topological polar surface area (TPSA) is 162 Å². The maximum atomic E-state index is 12.2. The molecule has 0 spiro atoms. The minimum atomic E-state index is -5.08. The normalized spacial score (nSPS) is 11.0. The molecular weight excluding hydrogens is 501 g/mol. The third-order valence-electron chi connectivity index (χ3n) is 4.47. The lowest BCUT2D eigenvalue weighted by atomic mass is 10.2. The Morgan fingerprint density at radius 3 is 2.61 bits per heavy atom. The first-order valence-electron chi connectivity index (χ1n) is 9.93. The number of carboxylic acids is 1. The number of aromatic nitrogens is 6. The minimum Gasteiger partial charge on any atom is -0.475 e. The maximum absolute atomic E-state index is 12.2. The summed E-state index contributed by atoms with van der Waals surface area (Å²) in [7, 11) is 0. The van der Waals surface area contributed by atoms with Crippen LogP contribution in [-0.4, -0.2) is 52.7 Å². The lowest BCUT2D eigenvalue weighted by molar-refractivity contribution is -0.192. The van der Waals surface area contributed by atoms with Crippen LogP contribution in [0, 0.1) is 0 Å². The highest BCUT2D eigenvalue weighted by Crippen LogP contribution is 2.27. The SMILES string of the molecule is O=C(Nc1cccc(-c2nsc(Nc3ccc4[nH]ncc4c3)n2)c1)c1c[nH]cn1.O=C(O)C(F)(F)F. The van der Waals surface area contributed by atoms with Crippen LogP contribution in [0.25, 0.3) is 22.3 Å². The molecule has 0 unspecified atom stereocenters. The fourth-order valence-corrected chi connectivity index (χ4v) is 3.46. The van der Waals surface area contributed by atoms with Crippen molar-refractivity contribution in [3.8, 4) is 11.4 Å². The Hall–Kier alpha value is -4.79. The van der Waals surface area contributed by atoms with Gasteiger partial charge in [-0.25, -0.2) is 9.78 Å². The van der Waals surface area contributed by atoms with E-state index in [1.807, 2.05) is 36.4 Å². The summed E-state index contributed by atoms with van der Waals surface area (Å²) in [5.41, 5.74) is 3.65. The summed E-state index contributed by atoms with van der Waals surface area (Å²) in [6.45, 7) is 0. The predicted octanol–water partition coefficient (Wildman–Crippen LogP) is 4.43. The van der Waals surface area contributed by atoms with Gasteiger partial charge in [0.1, 0.15) is 5.69 Å². The molecule has 0 fully saturated rings. The molecule has 0 saturated carbocycles. The Labute approximate surface area is 203 Å². The van der Waals surface area contributed by atoms with Gasteiger partial charge in [-0.3, -0.25) is 9.89 Å². The van der Waals surface area contributed by atoms with Gasteiger partial charge in [-0.05, 0) is 30.3 Å². The monoisotopic (exact) mass is 516 g/mol. The number of fused-ring (bicyclic) bond motifs is 1. The Kier molecular flexibility index (Phi) is 6.91. The molecule has 5 rings (SSSR count). The van der Waals surface area contributed by atoms with E-state index >= 15 is 0 Å². The summed E-state index contributed by atoms with van der Waals surface area (Å²) >= 11 is 1.27. The number of carboxylic acid groups (broad SMARTS) is 1. The van der Waals surface area contributed by atoms with Gasteiger partial charge in [-0.1, -0.05) is 12.1 Å². The number of aliphatic carboxylic acids is 1. The molecule has 11 nitrogen and oxygen atoms in total. The van der Waals surface area contributed by atoms with Crippen molar-refractivity contribution in [3.05, 3.63) is 66.9 Å². The number of carbonyl (C=O) groups is 2. The molecule has 0 bridgehead atoms. The molecule has 0 radical (unpaired) electrons. The quantitative estimate of drug-likeness (QED) is 0.229. The number of nitrogens with zero attached hydrogens (tertiary/aromatic N) is 4. The van der Waals surface area contributed by atoms with Crippen LogP contribution in [0.2, 0.25) is 0 Å². The number of halogens is 3. The number of aromatic amines is 2. The molecule has 0 atom stereocenters. The van der Waals surface area contributed by atoms with Crippen LogP contribution in [0.5, 0.6) is 0 Å². The molecule has 5 N–H and O–H groups in total. The third-order valence-corrected chi connectivity index (χ3v) is 5.10. The highest BCUT2D eigenvalue weighted by atomic mass is 32.1. The molecule has 1 amide bonds. The van der Waals surface area contributed by atoms with Crippen LogP contribution in [0.3, 0.4) is 0 Å². The molecule has 36 heavy (non-hydrogen) atoms. The number of carbonyl (C=O) groups excluding carboxylic acids is 1. The van der Waals surface area contributed by atoms with E-state index in [0.29, 0.717) is 22.3 Å². The second kappa shape index (κ2) is 10.2. The van der Waals surface area contributed by atoms with E-state index in [2.05, 4.69) is 40.2 Å². The molecule has 3 heterocycles. The standard InChI is InChI=1S/C19H14N8OS.C2HF3O2/c28-18(16-9-20-10-21-16)23-13-3-1-2-11(6-13)17-25-19(29-27-17)24-14-4-5-15-12(7-14)8-22-26-15;3-2(4,5)1(6)7/h1-10H,(H,20,21)(H,22,26)(H,23,28)(H,24,25,27);(H,6,7). The number of amides is 1. The van der Waals surface area contributed by atoms with Gasteiger partial charge < -0.3 is 20.7 Å². The average molecular weight is 516 g/mol. The van der Waals surface area contributed by atoms with Crippen molar-refractivity contribution >= 4 is 50.8 Å². The van der Waals surface area contributed by atoms with Crippen molar-refractivity contribution in [3.63, 3.8) is 0 Å². The van der Waals surface area contributed by atoms with Crippen LogP contribution < -0.4 is 10.6 Å². The Morgan fingerprint density at radius 1 is 1.08 bits per heavy atom. The zero-order chi connectivity index (χ0) is 25.7. The maximum Gasteiger partial charge on any atom is 0.490 e. The van der Waals surface area contributed by atoms with Gasteiger partial charge in [0.15, 0.2) is 5.82 Å². The zero-order valence-electron chi connectivity index (χ0n) is 17.9. The lowest BCUT2D eigenvalue weighted by Gasteiger charge is -2.04. The van der Waals surface area contributed by atoms with Crippen molar-refractivity contribution in [1.29, 1.82) is 0 Å². The van der Waals surface area contributed by atoms with Gasteiger partial charge in [-0.15, -0.1) is 0 Å². The van der Waals surface area contributed by atoms with E-state index in [-0.39, 0.29) is 5.91 Å². The van der Waals surface area contributed by atoms with Crippen LogP contribution in [0.4, 0.5) is 29.7 Å². The fraction of sp³-hybridized carbons (Fsp3) is 0.0476. The van der Waals surface area contributed by atoms with Crippen molar-refractivity contribution in [2.75, 3.05) is 10.6 Å². The highest BCUT2D eigenvalue weighted by molar-refractivity contribution is 7.09. The number of alkyl halides is 3. The van der Waals surface area contributed by atoms with Crippen LogP contribution in [0.15, 0.2) is 61.2 Å². The van der Waals surface area contributed by atoms with Crippen LogP contribution >= 0.6 is 11.5 Å². The van der Waals surface area contributed by atoms with Crippen molar-refractivity contribution in [2.45, 2.75) is 6.18 Å². The Morgan fingerprint density at radius 2 is 1.89 bits per heavy atom. The smallest absolute Gasteiger partial charge is 0.475 e. The van der Waals surface area contributed by atoms with E-state index in [1.165, 1.54) is 17.9 Å². The second-order valence-corrected chi connectivity index (χ2v) is 7.76. The summed E-state index contributed by atoms with van der Waals surface area (Å²) in [4.78, 5) is 32.3. The largest absolute Gasteiger partial charge is 0.490 e. The summed E-state index contributed by atoms with van der Waals surface area (Å²) < 4.78 is 36.2. The van der Waals surface area contributed by atoms with Gasteiger partial charge in [0.05, 0.1) is 18.0 Å². The van der Waals surface area contributed by atoms with E-state index < -0.39 is 12.1 Å². The molecule has 3 aromatic heterocycles. The zero-order valence-corrected chi connectivity index (χ0v) is 18.7. The molecule has 0 aliphatic heterocycles. The number of rotatable bonds is 5. The molecule has 2 aromatic carbocycles. The Bertz CT molecular complexity index is 1500. The predicted molar refractivity (Wildman–Crippen MR) is 125 cm³/mol. The van der Waals surface area contributed by atoms with Crippen LogP contribution in [-0.2, 0) is 4.79 Å². The van der Waals surface area contributed by atoms with Gasteiger partial charge in [-0.2, -0.15) is 27.6 Å². The van der Waals surface area contributed by atoms with Crippen molar-refractivity contribution in [2.24, 2.45) is 0 Å². The number of nitrogens with one attached hydrogen (secondary N) is 4. The first-order valence-corrected chi connectivity index (χ1v) is 10.7. The molecule has 0 aliphatic rings. The Balaban J connectivity index is 0.000000384. The molecular formula is C21H15F3N8O3S. The second-order valence-electron chi connectivity index (χ2n) is 7.01. The molecule has 0 aliphatic carbocycles. The molecule has 15 heteroatoms. The van der Waals surface area contributed by atoms with E-state index in [0.717, 1.165) is 22.2 Å². The first-order chi connectivity index (χ1) is 17.2. The minimum absolute atomic E-state index is 0.286. The van der Waals surface area contributed by atoms with Gasteiger partial charge >= 0.3 is 12.1 Å². The molecule has 0 saturated heterocycles. The molecule has 184 valence electrons. The van der Waals surface area contributed by atoms with Gasteiger partial charge in [0.25, 0.3) is 5.91 Å². The molecule has 5 aromatic rings. The number of hydrogen-bond acceptors (Lipinski definition) is 8. The van der Waals surface area contributed by atoms with Crippen molar-refractivity contribution in [1.82, 2.24) is 29.5 Å². The third kappa shape index (κ3) is 6.01. The first kappa shape index (κ1) is 24.3. The highest BCUT2D eigenvalue weighted by Gasteiger charge is 2.38. The van der Waals surface area contributed by atoms with E-state index in [9.17, 15) is 18.0 Å². The van der Waals surface area contributed by atoms with E-state index in [1.54, 1.807) is 18.5 Å². The number of H-pyrrole nitrogens is 2. The summed E-state index contributed by atoms with van der Waals surface area (Å²) in [6.07, 6.45) is -0.307. The average Bonchev–Trinajstić information content (AvgIpc) is 3.61. The number of benzene rings is 2. The number of hydrogen-bond donors (Lipinski definition) is 5. The number of anilines is 3. The summed E-state index contributed by atoms with van der Waals surface area (Å²) in [5.74, 6) is -2.46. The fourth-order valence-electron chi connectivity index (χ4n) is 2.85. The van der Waals surface area contributed by atoms with Crippen molar-refractivity contribution < 1.29 is 27.9 Å². The van der Waals surface area contributed by atoms with Gasteiger partial charge in [0.2, 0.25) is 5.13 Å². The summed E-state index contributed by atoms with van der Waals surface area (Å²) in [6, 6.07) is 13.3. The van der Waals surface area contributed by atoms with Crippen LogP contribution in [0.1, 0.15) is 10.5 Å².